The molecule has 6 rings (SSSR count). The third-order valence-electron chi connectivity index (χ3n) is 7.78. The van der Waals surface area contributed by atoms with Crippen LogP contribution in [0.15, 0.2) is 70.5 Å². The van der Waals surface area contributed by atoms with Crippen LogP contribution in [0.2, 0.25) is 0 Å². The highest BCUT2D eigenvalue weighted by Gasteiger charge is 2.30. The minimum Gasteiger partial charge on any atom is -0.451 e. The second-order valence-corrected chi connectivity index (χ2v) is 11.1. The second kappa shape index (κ2) is 10.5. The number of furan rings is 1. The van der Waals surface area contributed by atoms with Crippen LogP contribution in [0.25, 0.3) is 11.0 Å². The van der Waals surface area contributed by atoms with Crippen LogP contribution in [-0.4, -0.2) is 52.8 Å². The molecule has 4 heterocycles. The fraction of sp³-hybridized carbons (Fsp3) is 0.367. The summed E-state index contributed by atoms with van der Waals surface area (Å²) in [6.07, 6.45) is 4.85. The van der Waals surface area contributed by atoms with Gasteiger partial charge in [-0.05, 0) is 55.7 Å². The molecule has 0 spiro atoms. The molecule has 0 bridgehead atoms. The van der Waals surface area contributed by atoms with E-state index in [2.05, 4.69) is 30.3 Å². The Morgan fingerprint density at radius 1 is 0.865 bits per heavy atom. The molecule has 7 heteroatoms. The van der Waals surface area contributed by atoms with Crippen LogP contribution in [0.4, 0.5) is 0 Å². The summed E-state index contributed by atoms with van der Waals surface area (Å²) in [5.74, 6) is 1.31. The van der Waals surface area contributed by atoms with E-state index in [0.29, 0.717) is 30.5 Å². The van der Waals surface area contributed by atoms with Crippen molar-refractivity contribution in [1.29, 1.82) is 0 Å². The summed E-state index contributed by atoms with van der Waals surface area (Å²) in [4.78, 5) is 34.7. The van der Waals surface area contributed by atoms with Gasteiger partial charge in [0.1, 0.15) is 11.3 Å². The number of nitrogens with zero attached hydrogens (tertiary/aromatic N) is 3. The Labute approximate surface area is 220 Å². The van der Waals surface area contributed by atoms with Crippen molar-refractivity contribution in [2.75, 3.05) is 26.2 Å². The van der Waals surface area contributed by atoms with Gasteiger partial charge in [0.2, 0.25) is 0 Å². The van der Waals surface area contributed by atoms with Gasteiger partial charge in [-0.1, -0.05) is 48.5 Å². The van der Waals surface area contributed by atoms with Crippen molar-refractivity contribution in [2.24, 2.45) is 5.92 Å². The number of hydrogen-bond donors (Lipinski definition) is 0. The monoisotopic (exact) mass is 513 g/mol. The smallest absolute Gasteiger partial charge is 0.289 e. The lowest BCUT2D eigenvalue weighted by Gasteiger charge is -2.32. The highest BCUT2D eigenvalue weighted by Crippen LogP contribution is 2.32. The predicted octanol–water partition coefficient (Wildman–Crippen LogP) is 6.00. The first-order chi connectivity index (χ1) is 18.1. The number of carbonyl (C=O) groups excluding carboxylic acids is 2. The lowest BCUT2D eigenvalue weighted by atomic mass is 9.90. The number of aromatic nitrogens is 1. The van der Waals surface area contributed by atoms with E-state index in [4.69, 9.17) is 9.40 Å². The van der Waals surface area contributed by atoms with Crippen LogP contribution in [0.3, 0.4) is 0 Å². The molecule has 2 amide bonds. The van der Waals surface area contributed by atoms with Gasteiger partial charge >= 0.3 is 0 Å². The summed E-state index contributed by atoms with van der Waals surface area (Å²) < 4.78 is 5.77. The van der Waals surface area contributed by atoms with E-state index >= 15 is 0 Å². The summed E-state index contributed by atoms with van der Waals surface area (Å²) in [7, 11) is 0. The van der Waals surface area contributed by atoms with Crippen LogP contribution in [0.5, 0.6) is 0 Å². The van der Waals surface area contributed by atoms with E-state index in [1.165, 1.54) is 5.56 Å². The van der Waals surface area contributed by atoms with E-state index in [1.54, 1.807) is 11.3 Å². The van der Waals surface area contributed by atoms with Gasteiger partial charge in [0, 0.05) is 42.9 Å². The summed E-state index contributed by atoms with van der Waals surface area (Å²) >= 11 is 1.58. The lowest BCUT2D eigenvalue weighted by Crippen LogP contribution is -2.39. The summed E-state index contributed by atoms with van der Waals surface area (Å²) in [5, 5.41) is 3.87. The molecule has 2 fully saturated rings. The normalized spacial score (nSPS) is 17.4. The number of piperidine rings is 2. The Hall–Kier alpha value is -3.45. The van der Waals surface area contributed by atoms with E-state index in [0.717, 1.165) is 61.2 Å². The quantitative estimate of drug-likeness (QED) is 0.328. The Morgan fingerprint density at radius 3 is 2.30 bits per heavy atom. The predicted molar refractivity (Wildman–Crippen MR) is 145 cm³/mol. The van der Waals surface area contributed by atoms with Crippen LogP contribution < -0.4 is 0 Å². The van der Waals surface area contributed by atoms with Crippen molar-refractivity contribution < 1.29 is 14.0 Å². The third kappa shape index (κ3) is 5.18. The van der Waals surface area contributed by atoms with Crippen LogP contribution in [0.1, 0.15) is 63.2 Å². The number of benzene rings is 2. The van der Waals surface area contributed by atoms with Crippen molar-refractivity contribution in [2.45, 2.75) is 38.0 Å². The summed E-state index contributed by atoms with van der Waals surface area (Å²) in [6, 6.07) is 20.1. The van der Waals surface area contributed by atoms with Crippen molar-refractivity contribution in [3.63, 3.8) is 0 Å². The van der Waals surface area contributed by atoms with Crippen LogP contribution in [0, 0.1) is 5.92 Å². The number of carbonyl (C=O) groups is 2. The minimum atomic E-state index is -0.0553. The zero-order valence-corrected chi connectivity index (χ0v) is 21.7. The average Bonchev–Trinajstić information content (AvgIpc) is 3.61. The first-order valence-electron chi connectivity index (χ1n) is 13.2. The van der Waals surface area contributed by atoms with E-state index in [1.807, 2.05) is 45.5 Å². The summed E-state index contributed by atoms with van der Waals surface area (Å²) in [5.41, 5.74) is 2.69. The number of rotatable bonds is 5. The van der Waals surface area contributed by atoms with Gasteiger partial charge in [-0.25, -0.2) is 4.98 Å². The van der Waals surface area contributed by atoms with Gasteiger partial charge in [0.05, 0.1) is 5.01 Å². The SMILES string of the molecule is O=C(c1csc(C2CCN(C(=O)c3cc4ccccc4o3)CC2)n1)N1CCC(Cc2ccccc2)CC1. The highest BCUT2D eigenvalue weighted by atomic mass is 32.1. The number of hydrogen-bond acceptors (Lipinski definition) is 5. The fourth-order valence-electron chi connectivity index (χ4n) is 5.60. The van der Waals surface area contributed by atoms with Crippen LogP contribution >= 0.6 is 11.3 Å². The summed E-state index contributed by atoms with van der Waals surface area (Å²) in [6.45, 7) is 2.92. The van der Waals surface area contributed by atoms with Gasteiger partial charge in [-0.3, -0.25) is 9.59 Å². The largest absolute Gasteiger partial charge is 0.451 e. The zero-order chi connectivity index (χ0) is 25.2. The maximum Gasteiger partial charge on any atom is 0.289 e. The molecule has 190 valence electrons. The number of para-hydroxylation sites is 1. The Kier molecular flexibility index (Phi) is 6.79. The first kappa shape index (κ1) is 23.9. The molecule has 0 N–H and O–H groups in total. The van der Waals surface area contributed by atoms with E-state index in [9.17, 15) is 9.59 Å². The van der Waals surface area contributed by atoms with Crippen molar-refractivity contribution in [3.8, 4) is 0 Å². The molecule has 0 atom stereocenters. The fourth-order valence-corrected chi connectivity index (χ4v) is 6.56. The Morgan fingerprint density at radius 2 is 1.54 bits per heavy atom. The molecule has 2 aromatic carbocycles. The zero-order valence-electron chi connectivity index (χ0n) is 20.8. The molecular formula is C30H31N3O3S. The first-order valence-corrected chi connectivity index (χ1v) is 14.1. The second-order valence-electron chi connectivity index (χ2n) is 10.2. The highest BCUT2D eigenvalue weighted by molar-refractivity contribution is 7.09. The van der Waals surface area contributed by atoms with Gasteiger partial charge in [-0.15, -0.1) is 11.3 Å². The molecule has 0 saturated carbocycles. The van der Waals surface area contributed by atoms with Gasteiger partial charge in [-0.2, -0.15) is 0 Å². The minimum absolute atomic E-state index is 0.0539. The molecule has 2 saturated heterocycles. The molecule has 0 unspecified atom stereocenters. The van der Waals surface area contributed by atoms with Crippen molar-refractivity contribution in [3.05, 3.63) is 88.1 Å². The molecule has 2 aliphatic heterocycles. The van der Waals surface area contributed by atoms with Gasteiger partial charge in [0.15, 0.2) is 5.76 Å². The maximum atomic E-state index is 13.1. The molecule has 0 aliphatic carbocycles. The molecular weight excluding hydrogens is 482 g/mol. The molecule has 2 aromatic heterocycles. The molecule has 37 heavy (non-hydrogen) atoms. The van der Waals surface area contributed by atoms with Gasteiger partial charge < -0.3 is 14.2 Å². The number of thiazole rings is 1. The maximum absolute atomic E-state index is 13.1. The van der Waals surface area contributed by atoms with Crippen molar-refractivity contribution >= 4 is 34.1 Å². The topological polar surface area (TPSA) is 66.7 Å². The number of fused-ring (bicyclic) bond motifs is 1. The van der Waals surface area contributed by atoms with E-state index < -0.39 is 0 Å². The Bertz CT molecular complexity index is 1350. The van der Waals surface area contributed by atoms with Gasteiger partial charge in [0.25, 0.3) is 11.8 Å². The molecule has 0 radical (unpaired) electrons. The molecule has 6 nitrogen and oxygen atoms in total. The van der Waals surface area contributed by atoms with Crippen molar-refractivity contribution in [1.82, 2.24) is 14.8 Å². The van der Waals surface area contributed by atoms with Crippen LogP contribution in [-0.2, 0) is 6.42 Å². The molecule has 2 aliphatic rings. The lowest BCUT2D eigenvalue weighted by molar-refractivity contribution is 0.0681. The third-order valence-corrected chi connectivity index (χ3v) is 8.78. The number of likely N-dealkylation sites (tertiary alicyclic amines) is 2. The van der Waals surface area contributed by atoms with E-state index in [-0.39, 0.29) is 17.7 Å². The average molecular weight is 514 g/mol. The number of amides is 2. The Balaban J connectivity index is 1.01. The standard InChI is InChI=1S/C30H31N3O3S/c34-29(32-14-10-22(11-15-32)18-21-6-2-1-3-7-21)25-20-37-28(31-25)23-12-16-33(17-13-23)30(35)27-19-24-8-4-5-9-26(24)36-27/h1-9,19-20,22-23H,10-18H2. The molecule has 4 aromatic rings.